The lowest BCUT2D eigenvalue weighted by molar-refractivity contribution is 0.0695. The summed E-state index contributed by atoms with van der Waals surface area (Å²) >= 11 is 0. The van der Waals surface area contributed by atoms with E-state index in [-0.39, 0.29) is 5.56 Å². The number of nitrogens with one attached hydrogen (secondary N) is 1. The van der Waals surface area contributed by atoms with Gasteiger partial charge in [-0.15, -0.1) is 0 Å². The average molecular weight is 277 g/mol. The number of aryl methyl sites for hydroxylation is 1. The SMILES string of the molecule is CCCC1CCC(Nc2ncc(C(=O)O)c(C)n2)CC1. The van der Waals surface area contributed by atoms with Gasteiger partial charge in [0.2, 0.25) is 5.95 Å². The minimum atomic E-state index is -0.978. The van der Waals surface area contributed by atoms with Gasteiger partial charge >= 0.3 is 5.97 Å². The standard InChI is InChI=1S/C15H23N3O2/c1-3-4-11-5-7-12(8-6-11)18-15-16-9-13(14(19)20)10(2)17-15/h9,11-12H,3-8H2,1-2H3,(H,19,20)(H,16,17,18). The Morgan fingerprint density at radius 1 is 1.40 bits per heavy atom. The minimum absolute atomic E-state index is 0.169. The lowest BCUT2D eigenvalue weighted by Crippen LogP contribution is -2.27. The van der Waals surface area contributed by atoms with Gasteiger partial charge in [-0.05, 0) is 38.5 Å². The monoisotopic (exact) mass is 277 g/mol. The van der Waals surface area contributed by atoms with Crippen molar-refractivity contribution in [2.45, 2.75) is 58.4 Å². The molecule has 0 aliphatic heterocycles. The summed E-state index contributed by atoms with van der Waals surface area (Å²) in [5.41, 5.74) is 0.678. The third kappa shape index (κ3) is 3.68. The van der Waals surface area contributed by atoms with E-state index in [1.165, 1.54) is 31.9 Å². The summed E-state index contributed by atoms with van der Waals surface area (Å²) in [7, 11) is 0. The van der Waals surface area contributed by atoms with E-state index in [2.05, 4.69) is 22.2 Å². The maximum absolute atomic E-state index is 10.9. The molecule has 0 spiro atoms. The van der Waals surface area contributed by atoms with Crippen LogP contribution in [0.1, 0.15) is 61.5 Å². The van der Waals surface area contributed by atoms with Crippen LogP contribution in [0.5, 0.6) is 0 Å². The Morgan fingerprint density at radius 3 is 2.65 bits per heavy atom. The van der Waals surface area contributed by atoms with E-state index in [9.17, 15) is 4.79 Å². The number of carboxylic acids is 1. The van der Waals surface area contributed by atoms with Crippen LogP contribution in [0, 0.1) is 12.8 Å². The highest BCUT2D eigenvalue weighted by Crippen LogP contribution is 2.28. The molecule has 5 nitrogen and oxygen atoms in total. The largest absolute Gasteiger partial charge is 0.478 e. The molecule has 0 unspecified atom stereocenters. The van der Waals surface area contributed by atoms with Gasteiger partial charge in [0.15, 0.2) is 0 Å². The Bertz CT molecular complexity index is 468. The van der Waals surface area contributed by atoms with Crippen LogP contribution >= 0.6 is 0 Å². The number of rotatable bonds is 5. The van der Waals surface area contributed by atoms with Gasteiger partial charge < -0.3 is 10.4 Å². The van der Waals surface area contributed by atoms with Crippen LogP contribution in [0.25, 0.3) is 0 Å². The number of hydrogen-bond donors (Lipinski definition) is 2. The predicted octanol–water partition coefficient (Wildman–Crippen LogP) is 3.25. The van der Waals surface area contributed by atoms with Crippen LogP contribution in [0.3, 0.4) is 0 Å². The Labute approximate surface area is 119 Å². The maximum Gasteiger partial charge on any atom is 0.339 e. The summed E-state index contributed by atoms with van der Waals surface area (Å²) in [4.78, 5) is 19.3. The molecule has 1 aromatic rings. The average Bonchev–Trinajstić information content (AvgIpc) is 2.41. The number of aromatic nitrogens is 2. The Kier molecular flexibility index (Phi) is 4.93. The first-order chi connectivity index (χ1) is 9.60. The van der Waals surface area contributed by atoms with Gasteiger partial charge in [-0.1, -0.05) is 19.8 Å². The molecule has 2 N–H and O–H groups in total. The number of aromatic carboxylic acids is 1. The van der Waals surface area contributed by atoms with Crippen molar-refractivity contribution in [3.05, 3.63) is 17.5 Å². The Morgan fingerprint density at radius 2 is 2.10 bits per heavy atom. The number of carboxylic acid groups (broad SMARTS) is 1. The highest BCUT2D eigenvalue weighted by molar-refractivity contribution is 5.88. The fraction of sp³-hybridized carbons (Fsp3) is 0.667. The smallest absolute Gasteiger partial charge is 0.339 e. The molecular weight excluding hydrogens is 254 g/mol. The quantitative estimate of drug-likeness (QED) is 0.864. The number of hydrogen-bond acceptors (Lipinski definition) is 4. The van der Waals surface area contributed by atoms with Gasteiger partial charge in [-0.2, -0.15) is 0 Å². The maximum atomic E-state index is 10.9. The van der Waals surface area contributed by atoms with E-state index in [0.717, 1.165) is 18.8 Å². The molecule has 1 saturated carbocycles. The van der Waals surface area contributed by atoms with Crippen LogP contribution < -0.4 is 5.32 Å². The van der Waals surface area contributed by atoms with Crippen LogP contribution in [-0.4, -0.2) is 27.1 Å². The van der Waals surface area contributed by atoms with Crippen LogP contribution in [0.15, 0.2) is 6.20 Å². The van der Waals surface area contributed by atoms with Crippen LogP contribution in [0.2, 0.25) is 0 Å². The molecule has 1 fully saturated rings. The Hall–Kier alpha value is -1.65. The van der Waals surface area contributed by atoms with Gasteiger partial charge in [-0.25, -0.2) is 14.8 Å². The fourth-order valence-electron chi connectivity index (χ4n) is 2.93. The highest BCUT2D eigenvalue weighted by Gasteiger charge is 2.21. The van der Waals surface area contributed by atoms with Crippen LogP contribution in [-0.2, 0) is 0 Å². The Balaban J connectivity index is 1.91. The van der Waals surface area contributed by atoms with Crippen molar-refractivity contribution in [3.8, 4) is 0 Å². The first-order valence-corrected chi connectivity index (χ1v) is 7.43. The molecule has 0 amide bonds. The second kappa shape index (κ2) is 6.68. The number of anilines is 1. The van der Waals surface area contributed by atoms with Crippen molar-refractivity contribution in [2.75, 3.05) is 5.32 Å². The molecule has 1 heterocycles. The van der Waals surface area contributed by atoms with Gasteiger partial charge in [0, 0.05) is 12.2 Å². The van der Waals surface area contributed by atoms with Gasteiger partial charge in [0.1, 0.15) is 0 Å². The molecule has 0 aromatic carbocycles. The molecule has 0 saturated heterocycles. The third-order valence-electron chi connectivity index (χ3n) is 4.09. The van der Waals surface area contributed by atoms with E-state index in [0.29, 0.717) is 17.7 Å². The van der Waals surface area contributed by atoms with Gasteiger partial charge in [-0.3, -0.25) is 0 Å². The fourth-order valence-corrected chi connectivity index (χ4v) is 2.93. The molecular formula is C15H23N3O2. The first-order valence-electron chi connectivity index (χ1n) is 7.43. The summed E-state index contributed by atoms with van der Waals surface area (Å²) in [5.74, 6) is 0.440. The first kappa shape index (κ1) is 14.8. The lowest BCUT2D eigenvalue weighted by atomic mass is 9.83. The lowest BCUT2D eigenvalue weighted by Gasteiger charge is -2.29. The summed E-state index contributed by atoms with van der Waals surface area (Å²) in [6.45, 7) is 3.94. The summed E-state index contributed by atoms with van der Waals surface area (Å²) < 4.78 is 0. The van der Waals surface area contributed by atoms with Crippen molar-refractivity contribution < 1.29 is 9.90 Å². The third-order valence-corrected chi connectivity index (χ3v) is 4.09. The molecule has 1 aliphatic carbocycles. The minimum Gasteiger partial charge on any atom is -0.478 e. The van der Waals surface area contributed by atoms with Crippen molar-refractivity contribution in [1.82, 2.24) is 9.97 Å². The molecule has 0 atom stereocenters. The van der Waals surface area contributed by atoms with Crippen LogP contribution in [0.4, 0.5) is 5.95 Å². The second-order valence-electron chi connectivity index (χ2n) is 5.65. The number of carbonyl (C=O) groups is 1. The van der Waals surface area contributed by atoms with Crippen molar-refractivity contribution in [1.29, 1.82) is 0 Å². The molecule has 1 aromatic heterocycles. The topological polar surface area (TPSA) is 75.1 Å². The summed E-state index contributed by atoms with van der Waals surface area (Å²) in [6, 6.07) is 0.415. The molecule has 1 aliphatic rings. The van der Waals surface area contributed by atoms with E-state index < -0.39 is 5.97 Å². The summed E-state index contributed by atoms with van der Waals surface area (Å²) in [6.07, 6.45) is 8.80. The molecule has 20 heavy (non-hydrogen) atoms. The zero-order chi connectivity index (χ0) is 14.5. The second-order valence-corrected chi connectivity index (χ2v) is 5.65. The highest BCUT2D eigenvalue weighted by atomic mass is 16.4. The van der Waals surface area contributed by atoms with Gasteiger partial charge in [0.05, 0.1) is 11.3 Å². The molecule has 2 rings (SSSR count). The summed E-state index contributed by atoms with van der Waals surface area (Å²) in [5, 5.41) is 12.3. The van der Waals surface area contributed by atoms with E-state index in [1.807, 2.05) is 0 Å². The molecule has 0 radical (unpaired) electrons. The van der Waals surface area contributed by atoms with Crippen molar-refractivity contribution in [3.63, 3.8) is 0 Å². The zero-order valence-electron chi connectivity index (χ0n) is 12.2. The molecule has 0 bridgehead atoms. The normalized spacial score (nSPS) is 22.5. The molecule has 110 valence electrons. The van der Waals surface area contributed by atoms with E-state index >= 15 is 0 Å². The van der Waals surface area contributed by atoms with E-state index in [1.54, 1.807) is 6.92 Å². The molecule has 5 heteroatoms. The van der Waals surface area contributed by atoms with Crippen molar-refractivity contribution in [2.24, 2.45) is 5.92 Å². The van der Waals surface area contributed by atoms with Crippen molar-refractivity contribution >= 4 is 11.9 Å². The predicted molar refractivity (Wildman–Crippen MR) is 78.0 cm³/mol. The number of nitrogens with zero attached hydrogens (tertiary/aromatic N) is 2. The van der Waals surface area contributed by atoms with E-state index in [4.69, 9.17) is 5.11 Å². The van der Waals surface area contributed by atoms with Gasteiger partial charge in [0.25, 0.3) is 0 Å². The zero-order valence-corrected chi connectivity index (χ0v) is 12.2.